The minimum Gasteiger partial charge on any atom is -0.0602 e. The van der Waals surface area contributed by atoms with Crippen LogP contribution in [0.1, 0.15) is 45.6 Å². The fraction of sp³-hybridized carbons (Fsp3) is 0.571. The topological polar surface area (TPSA) is 0 Å². The van der Waals surface area contributed by atoms with Crippen LogP contribution in [0.4, 0.5) is 0 Å². The Morgan fingerprint density at radius 1 is 1.07 bits per heavy atom. The summed E-state index contributed by atoms with van der Waals surface area (Å²) in [5.41, 5.74) is 1.93. The highest BCUT2D eigenvalue weighted by Crippen LogP contribution is 2.22. The maximum atomic E-state index is 3.05. The molecule has 1 aromatic carbocycles. The van der Waals surface area contributed by atoms with Gasteiger partial charge in [0.1, 0.15) is 0 Å². The van der Waals surface area contributed by atoms with Gasteiger partial charge in [-0.2, -0.15) is 0 Å². The Labute approximate surface area is 88.4 Å². The van der Waals surface area contributed by atoms with Gasteiger partial charge >= 0.3 is 0 Å². The molecule has 0 aliphatic rings. The molecular weight excluding hydrogens is 168 g/mol. The highest BCUT2D eigenvalue weighted by atomic mass is 14.1. The first-order chi connectivity index (χ1) is 6.58. The summed E-state index contributed by atoms with van der Waals surface area (Å²) in [7, 11) is 0. The number of unbranched alkanes of at least 4 members (excludes halogenated alkanes) is 1. The summed E-state index contributed by atoms with van der Waals surface area (Å²) in [6, 6.07) is 11.4. The van der Waals surface area contributed by atoms with Gasteiger partial charge in [-0.05, 0) is 36.3 Å². The van der Waals surface area contributed by atoms with E-state index in [9.17, 15) is 0 Å². The molecule has 1 aromatic rings. The summed E-state index contributed by atoms with van der Waals surface area (Å²) in [4.78, 5) is 0. The monoisotopic (exact) mass is 189 g/mol. The summed E-state index contributed by atoms with van der Waals surface area (Å²) in [6.45, 7) is 6.93. The molecule has 1 rings (SSSR count). The van der Waals surface area contributed by atoms with Crippen LogP contribution in [0, 0.1) is 11.5 Å². The highest BCUT2D eigenvalue weighted by Gasteiger charge is 2.08. The van der Waals surface area contributed by atoms with Crippen LogP contribution >= 0.6 is 0 Å². The molecule has 0 saturated heterocycles. The van der Waals surface area contributed by atoms with E-state index in [1.165, 1.54) is 31.2 Å². The Hall–Kier alpha value is -0.780. The zero-order valence-electron chi connectivity index (χ0n) is 9.64. The second-order valence-corrected chi connectivity index (χ2v) is 5.18. The first kappa shape index (κ1) is 11.3. The number of hydrogen-bond acceptors (Lipinski definition) is 0. The van der Waals surface area contributed by atoms with Crippen molar-refractivity contribution in [2.24, 2.45) is 5.41 Å². The molecule has 0 aliphatic heterocycles. The van der Waals surface area contributed by atoms with E-state index >= 15 is 0 Å². The van der Waals surface area contributed by atoms with Crippen LogP contribution in [0.2, 0.25) is 0 Å². The second kappa shape index (κ2) is 5.19. The van der Waals surface area contributed by atoms with E-state index in [4.69, 9.17) is 0 Å². The minimum atomic E-state index is 0.491. The van der Waals surface area contributed by atoms with E-state index in [2.05, 4.69) is 39.0 Å². The van der Waals surface area contributed by atoms with Gasteiger partial charge in [0.25, 0.3) is 0 Å². The van der Waals surface area contributed by atoms with Crippen LogP contribution in [0.3, 0.4) is 0 Å². The van der Waals surface area contributed by atoms with Gasteiger partial charge < -0.3 is 0 Å². The molecule has 0 amide bonds. The third kappa shape index (κ3) is 5.06. The molecule has 0 aliphatic carbocycles. The number of benzene rings is 1. The summed E-state index contributed by atoms with van der Waals surface area (Å²) in [5.74, 6) is 0. The quantitative estimate of drug-likeness (QED) is 0.621. The molecule has 0 fully saturated rings. The molecule has 0 heterocycles. The van der Waals surface area contributed by atoms with Crippen LogP contribution in [-0.2, 0) is 6.42 Å². The van der Waals surface area contributed by atoms with Gasteiger partial charge in [-0.25, -0.2) is 0 Å². The van der Waals surface area contributed by atoms with Crippen molar-refractivity contribution >= 4 is 0 Å². The molecule has 0 aromatic heterocycles. The highest BCUT2D eigenvalue weighted by molar-refractivity contribution is 5.13. The first-order valence-electron chi connectivity index (χ1n) is 5.53. The van der Waals surface area contributed by atoms with Crippen LogP contribution < -0.4 is 0 Å². The van der Waals surface area contributed by atoms with Gasteiger partial charge in [0.05, 0.1) is 0 Å². The fourth-order valence-corrected chi connectivity index (χ4v) is 1.57. The Morgan fingerprint density at radius 3 is 2.29 bits per heavy atom. The van der Waals surface area contributed by atoms with Crippen LogP contribution in [-0.4, -0.2) is 0 Å². The van der Waals surface area contributed by atoms with Crippen molar-refractivity contribution in [3.63, 3.8) is 0 Å². The molecule has 0 nitrogen and oxygen atoms in total. The Bertz CT molecular complexity index is 240. The number of hydrogen-bond donors (Lipinski definition) is 0. The van der Waals surface area contributed by atoms with E-state index in [1.54, 1.807) is 0 Å². The Morgan fingerprint density at radius 2 is 1.71 bits per heavy atom. The lowest BCUT2D eigenvalue weighted by atomic mass is 9.89. The third-order valence-electron chi connectivity index (χ3n) is 2.43. The summed E-state index contributed by atoms with van der Waals surface area (Å²) in [5, 5.41) is 0. The van der Waals surface area contributed by atoms with Gasteiger partial charge in [-0.15, -0.1) is 0 Å². The molecule has 0 bridgehead atoms. The normalized spacial score (nSPS) is 11.6. The lowest BCUT2D eigenvalue weighted by molar-refractivity contribution is 0.360. The smallest absolute Gasteiger partial charge is 0.0184 e. The third-order valence-corrected chi connectivity index (χ3v) is 2.43. The van der Waals surface area contributed by atoms with Crippen molar-refractivity contribution in [3.05, 3.63) is 35.9 Å². The Kier molecular flexibility index (Phi) is 4.19. The molecule has 0 saturated carbocycles. The SMILES string of the molecule is CC(C)(C)CCCCc1cc[c]cc1. The molecule has 0 heteroatoms. The molecule has 0 unspecified atom stereocenters. The summed E-state index contributed by atoms with van der Waals surface area (Å²) < 4.78 is 0. The zero-order valence-corrected chi connectivity index (χ0v) is 9.64. The van der Waals surface area contributed by atoms with E-state index < -0.39 is 0 Å². The minimum absolute atomic E-state index is 0.491. The van der Waals surface area contributed by atoms with E-state index in [1.807, 2.05) is 12.1 Å². The lowest BCUT2D eigenvalue weighted by Gasteiger charge is -2.17. The van der Waals surface area contributed by atoms with Gasteiger partial charge in [0.15, 0.2) is 0 Å². The summed E-state index contributed by atoms with van der Waals surface area (Å²) >= 11 is 0. The fourth-order valence-electron chi connectivity index (χ4n) is 1.57. The van der Waals surface area contributed by atoms with E-state index in [0.29, 0.717) is 5.41 Å². The molecule has 14 heavy (non-hydrogen) atoms. The lowest BCUT2D eigenvalue weighted by Crippen LogP contribution is -2.04. The summed E-state index contributed by atoms with van der Waals surface area (Å²) in [6.07, 6.45) is 5.18. The van der Waals surface area contributed by atoms with Crippen molar-refractivity contribution in [1.82, 2.24) is 0 Å². The molecule has 0 N–H and O–H groups in total. The number of aryl methyl sites for hydroxylation is 1. The maximum Gasteiger partial charge on any atom is -0.0184 e. The second-order valence-electron chi connectivity index (χ2n) is 5.18. The van der Waals surface area contributed by atoms with Gasteiger partial charge in [0.2, 0.25) is 0 Å². The predicted molar refractivity (Wildman–Crippen MR) is 62.3 cm³/mol. The molecule has 0 atom stereocenters. The van der Waals surface area contributed by atoms with Crippen molar-refractivity contribution in [1.29, 1.82) is 0 Å². The first-order valence-corrected chi connectivity index (χ1v) is 5.53. The van der Waals surface area contributed by atoms with E-state index in [-0.39, 0.29) is 0 Å². The molecule has 77 valence electrons. The van der Waals surface area contributed by atoms with Gasteiger partial charge in [-0.3, -0.25) is 0 Å². The predicted octanol–water partition coefficient (Wildman–Crippen LogP) is 4.25. The van der Waals surface area contributed by atoms with Crippen molar-refractivity contribution in [3.8, 4) is 0 Å². The Balaban J connectivity index is 2.17. The van der Waals surface area contributed by atoms with Gasteiger partial charge in [0, 0.05) is 0 Å². The van der Waals surface area contributed by atoms with Crippen LogP contribution in [0.15, 0.2) is 24.3 Å². The van der Waals surface area contributed by atoms with Gasteiger partial charge in [-0.1, -0.05) is 51.5 Å². The molecule has 0 spiro atoms. The van der Waals surface area contributed by atoms with Crippen LogP contribution in [0.5, 0.6) is 0 Å². The number of rotatable bonds is 4. The standard InChI is InChI=1S/C14H21/c1-14(2,3)12-8-7-11-13-9-5-4-6-10-13/h5-6,9-10H,7-8,11-12H2,1-3H3. The molecular formula is C14H21. The van der Waals surface area contributed by atoms with E-state index in [0.717, 1.165) is 0 Å². The average Bonchev–Trinajstić information content (AvgIpc) is 2.13. The average molecular weight is 189 g/mol. The molecule has 1 radical (unpaired) electrons. The largest absolute Gasteiger partial charge is 0.0602 e. The van der Waals surface area contributed by atoms with Crippen molar-refractivity contribution < 1.29 is 0 Å². The van der Waals surface area contributed by atoms with Crippen molar-refractivity contribution in [2.45, 2.75) is 46.5 Å². The zero-order chi connectivity index (χ0) is 10.4. The van der Waals surface area contributed by atoms with Crippen LogP contribution in [0.25, 0.3) is 0 Å². The maximum absolute atomic E-state index is 3.05. The van der Waals surface area contributed by atoms with Crippen molar-refractivity contribution in [2.75, 3.05) is 0 Å².